The minimum atomic E-state index is -0.311. The molecular weight excluding hydrogens is 220 g/mol. The minimum Gasteiger partial charge on any atom is -0.464 e. The maximum atomic E-state index is 11.9. The van der Waals surface area contributed by atoms with Crippen molar-refractivity contribution < 1.29 is 4.42 Å². The van der Waals surface area contributed by atoms with Crippen LogP contribution in [0.15, 0.2) is 38.4 Å². The molecular formula is C12H14N2O3. The van der Waals surface area contributed by atoms with E-state index < -0.39 is 0 Å². The summed E-state index contributed by atoms with van der Waals surface area (Å²) in [4.78, 5) is 23.5. The Morgan fingerprint density at radius 2 is 2.00 bits per heavy atom. The van der Waals surface area contributed by atoms with Crippen LogP contribution in [-0.4, -0.2) is 9.13 Å². The van der Waals surface area contributed by atoms with Gasteiger partial charge in [-0.3, -0.25) is 9.36 Å². The lowest BCUT2D eigenvalue weighted by molar-refractivity contribution is 0.456. The zero-order chi connectivity index (χ0) is 12.4. The second kappa shape index (κ2) is 4.45. The molecule has 0 aromatic carbocycles. The topological polar surface area (TPSA) is 57.1 Å². The van der Waals surface area contributed by atoms with Gasteiger partial charge in [-0.2, -0.15) is 0 Å². The zero-order valence-electron chi connectivity index (χ0n) is 9.84. The highest BCUT2D eigenvalue weighted by molar-refractivity contribution is 5.06. The molecule has 0 fully saturated rings. The Kier molecular flexibility index (Phi) is 2.99. The first-order valence-corrected chi connectivity index (χ1v) is 5.47. The van der Waals surface area contributed by atoms with Crippen LogP contribution in [0.25, 0.3) is 0 Å². The third-order valence-corrected chi connectivity index (χ3v) is 2.59. The smallest absolute Gasteiger partial charge is 0.331 e. The van der Waals surface area contributed by atoms with Crippen molar-refractivity contribution in [1.29, 1.82) is 0 Å². The first kappa shape index (κ1) is 11.4. The Labute approximate surface area is 97.9 Å². The van der Waals surface area contributed by atoms with Gasteiger partial charge in [-0.1, -0.05) is 0 Å². The van der Waals surface area contributed by atoms with Gasteiger partial charge in [-0.05, 0) is 26.0 Å². The molecule has 17 heavy (non-hydrogen) atoms. The second-order valence-corrected chi connectivity index (χ2v) is 3.82. The molecule has 2 aromatic heterocycles. The number of hydrogen-bond acceptors (Lipinski definition) is 3. The summed E-state index contributed by atoms with van der Waals surface area (Å²) in [6, 6.07) is 4.97. The predicted octanol–water partition coefficient (Wildman–Crippen LogP) is 0.980. The first-order chi connectivity index (χ1) is 8.11. The van der Waals surface area contributed by atoms with Gasteiger partial charge in [-0.25, -0.2) is 4.79 Å². The van der Waals surface area contributed by atoms with Crippen LogP contribution >= 0.6 is 0 Å². The van der Waals surface area contributed by atoms with Crippen molar-refractivity contribution >= 4 is 0 Å². The van der Waals surface area contributed by atoms with E-state index in [1.807, 2.05) is 19.9 Å². The first-order valence-electron chi connectivity index (χ1n) is 5.47. The Balaban J connectivity index is 2.45. The molecule has 2 heterocycles. The summed E-state index contributed by atoms with van der Waals surface area (Å²) in [5.74, 6) is 1.37. The fourth-order valence-electron chi connectivity index (χ4n) is 1.67. The van der Waals surface area contributed by atoms with Crippen molar-refractivity contribution in [1.82, 2.24) is 9.13 Å². The predicted molar refractivity (Wildman–Crippen MR) is 63.2 cm³/mol. The van der Waals surface area contributed by atoms with E-state index in [2.05, 4.69) is 0 Å². The Hall–Kier alpha value is -2.04. The SMILES string of the molecule is CCn1ccc(=O)n(Cc2ccc(C)o2)c1=O. The van der Waals surface area contributed by atoms with E-state index in [4.69, 9.17) is 4.42 Å². The standard InChI is InChI=1S/C12H14N2O3/c1-3-13-7-6-11(15)14(12(13)16)8-10-5-4-9(2)17-10/h4-7H,3,8H2,1-2H3. The molecule has 5 nitrogen and oxygen atoms in total. The normalized spacial score (nSPS) is 10.7. The van der Waals surface area contributed by atoms with Crippen molar-refractivity contribution in [2.75, 3.05) is 0 Å². The average Bonchev–Trinajstić information content (AvgIpc) is 2.70. The molecule has 90 valence electrons. The van der Waals surface area contributed by atoms with Gasteiger partial charge in [0.1, 0.15) is 11.5 Å². The van der Waals surface area contributed by atoms with Gasteiger partial charge >= 0.3 is 5.69 Å². The van der Waals surface area contributed by atoms with Crippen molar-refractivity contribution in [3.8, 4) is 0 Å². The van der Waals surface area contributed by atoms with Gasteiger partial charge in [0.05, 0.1) is 6.54 Å². The maximum Gasteiger partial charge on any atom is 0.331 e. The highest BCUT2D eigenvalue weighted by Crippen LogP contribution is 2.06. The van der Waals surface area contributed by atoms with Gasteiger partial charge < -0.3 is 8.98 Å². The summed E-state index contributed by atoms with van der Waals surface area (Å²) in [5.41, 5.74) is -0.622. The number of aromatic nitrogens is 2. The molecule has 0 N–H and O–H groups in total. The monoisotopic (exact) mass is 234 g/mol. The van der Waals surface area contributed by atoms with Crippen LogP contribution in [0.1, 0.15) is 18.4 Å². The van der Waals surface area contributed by atoms with Gasteiger partial charge in [0.25, 0.3) is 5.56 Å². The van der Waals surface area contributed by atoms with E-state index in [0.717, 1.165) is 5.76 Å². The molecule has 0 bridgehead atoms. The van der Waals surface area contributed by atoms with E-state index in [1.54, 1.807) is 6.07 Å². The van der Waals surface area contributed by atoms with Gasteiger partial charge in [0.2, 0.25) is 0 Å². The number of rotatable bonds is 3. The van der Waals surface area contributed by atoms with Gasteiger partial charge in [0.15, 0.2) is 0 Å². The highest BCUT2D eigenvalue weighted by atomic mass is 16.3. The van der Waals surface area contributed by atoms with E-state index in [1.165, 1.54) is 21.4 Å². The maximum absolute atomic E-state index is 11.9. The lowest BCUT2D eigenvalue weighted by atomic mass is 10.4. The molecule has 0 unspecified atom stereocenters. The summed E-state index contributed by atoms with van der Waals surface area (Å²) in [6.07, 6.45) is 1.51. The summed E-state index contributed by atoms with van der Waals surface area (Å²) < 4.78 is 8.01. The van der Waals surface area contributed by atoms with Crippen LogP contribution < -0.4 is 11.2 Å². The third-order valence-electron chi connectivity index (χ3n) is 2.59. The van der Waals surface area contributed by atoms with Crippen LogP contribution in [0.4, 0.5) is 0 Å². The quantitative estimate of drug-likeness (QED) is 0.795. The van der Waals surface area contributed by atoms with Crippen molar-refractivity contribution in [3.63, 3.8) is 0 Å². The van der Waals surface area contributed by atoms with Crippen LogP contribution in [0, 0.1) is 6.92 Å². The Bertz CT molecular complexity index is 634. The Morgan fingerprint density at radius 3 is 2.59 bits per heavy atom. The summed E-state index contributed by atoms with van der Waals surface area (Å²) >= 11 is 0. The van der Waals surface area contributed by atoms with E-state index >= 15 is 0 Å². The zero-order valence-corrected chi connectivity index (χ0v) is 9.84. The van der Waals surface area contributed by atoms with E-state index in [0.29, 0.717) is 12.3 Å². The van der Waals surface area contributed by atoms with Crippen LogP contribution in [-0.2, 0) is 13.1 Å². The number of aryl methyl sites for hydroxylation is 2. The molecule has 0 saturated heterocycles. The third kappa shape index (κ3) is 2.22. The molecule has 0 radical (unpaired) electrons. The molecule has 0 saturated carbocycles. The number of hydrogen-bond donors (Lipinski definition) is 0. The molecule has 0 aliphatic heterocycles. The van der Waals surface area contributed by atoms with E-state index in [-0.39, 0.29) is 17.8 Å². The number of furan rings is 1. The second-order valence-electron chi connectivity index (χ2n) is 3.82. The van der Waals surface area contributed by atoms with Crippen LogP contribution in [0.2, 0.25) is 0 Å². The molecule has 5 heteroatoms. The Morgan fingerprint density at radius 1 is 1.24 bits per heavy atom. The lowest BCUT2D eigenvalue weighted by Gasteiger charge is -2.06. The van der Waals surface area contributed by atoms with Crippen molar-refractivity contribution in [2.24, 2.45) is 0 Å². The van der Waals surface area contributed by atoms with E-state index in [9.17, 15) is 9.59 Å². The molecule has 0 aliphatic carbocycles. The van der Waals surface area contributed by atoms with Gasteiger partial charge in [-0.15, -0.1) is 0 Å². The summed E-state index contributed by atoms with van der Waals surface area (Å²) in [6.45, 7) is 4.39. The summed E-state index contributed by atoms with van der Waals surface area (Å²) in [7, 11) is 0. The van der Waals surface area contributed by atoms with Crippen molar-refractivity contribution in [2.45, 2.75) is 26.9 Å². The average molecular weight is 234 g/mol. The fourth-order valence-corrected chi connectivity index (χ4v) is 1.67. The van der Waals surface area contributed by atoms with Gasteiger partial charge in [0, 0.05) is 18.8 Å². The minimum absolute atomic E-state index is 0.173. The van der Waals surface area contributed by atoms with Crippen LogP contribution in [0.5, 0.6) is 0 Å². The molecule has 2 rings (SSSR count). The fraction of sp³-hybridized carbons (Fsp3) is 0.333. The molecule has 2 aromatic rings. The highest BCUT2D eigenvalue weighted by Gasteiger charge is 2.07. The largest absolute Gasteiger partial charge is 0.464 e. The molecule has 0 atom stereocenters. The summed E-state index contributed by atoms with van der Waals surface area (Å²) in [5, 5.41) is 0. The van der Waals surface area contributed by atoms with Crippen LogP contribution in [0.3, 0.4) is 0 Å². The molecule has 0 amide bonds. The molecule has 0 spiro atoms. The van der Waals surface area contributed by atoms with Crippen molar-refractivity contribution in [3.05, 3.63) is 56.8 Å². The number of nitrogens with zero attached hydrogens (tertiary/aromatic N) is 2. The molecule has 0 aliphatic rings. The lowest BCUT2D eigenvalue weighted by Crippen LogP contribution is -2.38.